The molecule has 1 N–H and O–H groups in total. The first-order valence-electron chi connectivity index (χ1n) is 7.74. The Hall–Kier alpha value is -0.890. The first-order chi connectivity index (χ1) is 10.1. The molecule has 0 radical (unpaired) electrons. The first kappa shape index (κ1) is 16.0. The number of ether oxygens (including phenoxy) is 5. The molecule has 5 atom stereocenters. The van der Waals surface area contributed by atoms with Crippen LogP contribution in [-0.4, -0.2) is 55.2 Å². The highest BCUT2D eigenvalue weighted by atomic mass is 16.8. The summed E-state index contributed by atoms with van der Waals surface area (Å²) < 4.78 is 28.5. The minimum Gasteiger partial charge on any atom is -0.444 e. The molecule has 0 bridgehead atoms. The van der Waals surface area contributed by atoms with Crippen LogP contribution in [0.4, 0.5) is 4.79 Å². The van der Waals surface area contributed by atoms with Gasteiger partial charge >= 0.3 is 6.09 Å². The van der Waals surface area contributed by atoms with Gasteiger partial charge in [-0.1, -0.05) is 0 Å². The zero-order valence-corrected chi connectivity index (χ0v) is 13.8. The summed E-state index contributed by atoms with van der Waals surface area (Å²) in [5.74, 6) is -0.574. The SMILES string of the molecule is CC(C)(C)OC(=O)NC[C@H]1CO[C@H]2[C@@H]1O[C@@H]1OC(C)(C)O[C@@H]12. The molecule has 3 fully saturated rings. The Morgan fingerprint density at radius 3 is 2.64 bits per heavy atom. The van der Waals surface area contributed by atoms with Crippen LogP contribution in [0.25, 0.3) is 0 Å². The Morgan fingerprint density at radius 2 is 1.95 bits per heavy atom. The molecule has 0 aliphatic carbocycles. The predicted octanol–water partition coefficient (Wildman–Crippen LogP) is 1.40. The third kappa shape index (κ3) is 3.22. The van der Waals surface area contributed by atoms with E-state index in [2.05, 4.69) is 5.32 Å². The van der Waals surface area contributed by atoms with Crippen LogP contribution >= 0.6 is 0 Å². The average Bonchev–Trinajstić information content (AvgIpc) is 2.93. The van der Waals surface area contributed by atoms with Crippen molar-refractivity contribution in [1.82, 2.24) is 5.32 Å². The van der Waals surface area contributed by atoms with Crippen LogP contribution in [0.5, 0.6) is 0 Å². The van der Waals surface area contributed by atoms with Crippen molar-refractivity contribution in [3.8, 4) is 0 Å². The van der Waals surface area contributed by atoms with E-state index in [1.54, 1.807) is 0 Å². The van der Waals surface area contributed by atoms with E-state index < -0.39 is 23.8 Å². The Balaban J connectivity index is 1.51. The number of carbonyl (C=O) groups excluding carboxylic acids is 1. The van der Waals surface area contributed by atoms with E-state index in [-0.39, 0.29) is 24.2 Å². The number of carbonyl (C=O) groups is 1. The highest BCUT2D eigenvalue weighted by Gasteiger charge is 2.59. The van der Waals surface area contributed by atoms with Crippen molar-refractivity contribution in [2.75, 3.05) is 13.2 Å². The summed E-state index contributed by atoms with van der Waals surface area (Å²) in [7, 11) is 0. The summed E-state index contributed by atoms with van der Waals surface area (Å²) >= 11 is 0. The van der Waals surface area contributed by atoms with Crippen LogP contribution < -0.4 is 5.32 Å². The molecule has 0 aromatic carbocycles. The van der Waals surface area contributed by atoms with Gasteiger partial charge in [0.05, 0.1) is 12.7 Å². The fraction of sp³-hybridized carbons (Fsp3) is 0.933. The van der Waals surface area contributed by atoms with Gasteiger partial charge in [0.2, 0.25) is 0 Å². The third-order valence-electron chi connectivity index (χ3n) is 3.90. The van der Waals surface area contributed by atoms with E-state index in [1.807, 2.05) is 34.6 Å². The molecular weight excluding hydrogens is 290 g/mol. The smallest absolute Gasteiger partial charge is 0.407 e. The fourth-order valence-electron chi connectivity index (χ4n) is 3.11. The summed E-state index contributed by atoms with van der Waals surface area (Å²) in [5.41, 5.74) is -0.507. The second-order valence-electron chi connectivity index (χ2n) is 7.51. The zero-order chi connectivity index (χ0) is 16.1. The molecule has 7 nitrogen and oxygen atoms in total. The van der Waals surface area contributed by atoms with Crippen LogP contribution in [0.3, 0.4) is 0 Å². The number of hydrogen-bond acceptors (Lipinski definition) is 6. The zero-order valence-electron chi connectivity index (χ0n) is 13.8. The van der Waals surface area contributed by atoms with Crippen molar-refractivity contribution in [3.05, 3.63) is 0 Å². The maximum Gasteiger partial charge on any atom is 0.407 e. The van der Waals surface area contributed by atoms with Gasteiger partial charge in [-0.15, -0.1) is 0 Å². The standard InChI is InChI=1S/C15H25NO6/c1-14(2,3)22-13(17)16-6-8-7-18-10-9(8)19-12-11(10)20-15(4,5)21-12/h8-12H,6-7H2,1-5H3,(H,16,17)/t8-,9+,10-,11+,12+/m0/s1. The Labute approximate surface area is 130 Å². The van der Waals surface area contributed by atoms with E-state index in [0.29, 0.717) is 13.2 Å². The van der Waals surface area contributed by atoms with Crippen molar-refractivity contribution in [2.24, 2.45) is 5.92 Å². The number of hydrogen-bond donors (Lipinski definition) is 1. The van der Waals surface area contributed by atoms with Crippen LogP contribution in [0.1, 0.15) is 34.6 Å². The van der Waals surface area contributed by atoms with Gasteiger partial charge in [0.1, 0.15) is 17.8 Å². The largest absolute Gasteiger partial charge is 0.444 e. The van der Waals surface area contributed by atoms with Gasteiger partial charge in [-0.25, -0.2) is 4.79 Å². The number of fused-ring (bicyclic) bond motifs is 3. The second kappa shape index (κ2) is 5.33. The molecule has 3 rings (SSSR count). The normalized spacial score (nSPS) is 39.4. The highest BCUT2D eigenvalue weighted by molar-refractivity contribution is 5.67. The summed E-state index contributed by atoms with van der Waals surface area (Å²) in [5, 5.41) is 2.77. The van der Waals surface area contributed by atoms with Crippen molar-refractivity contribution in [1.29, 1.82) is 0 Å². The van der Waals surface area contributed by atoms with Crippen LogP contribution in [-0.2, 0) is 23.7 Å². The van der Waals surface area contributed by atoms with Crippen molar-refractivity contribution >= 4 is 6.09 Å². The minimum atomic E-state index is -0.642. The summed E-state index contributed by atoms with van der Waals surface area (Å²) in [6.07, 6.45) is -1.29. The number of rotatable bonds is 2. The molecule has 7 heteroatoms. The highest BCUT2D eigenvalue weighted by Crippen LogP contribution is 2.43. The number of amides is 1. The van der Waals surface area contributed by atoms with E-state index in [1.165, 1.54) is 0 Å². The lowest BCUT2D eigenvalue weighted by molar-refractivity contribution is -0.211. The predicted molar refractivity (Wildman–Crippen MR) is 76.2 cm³/mol. The van der Waals surface area contributed by atoms with Crippen LogP contribution in [0, 0.1) is 5.92 Å². The van der Waals surface area contributed by atoms with Gasteiger partial charge in [-0.2, -0.15) is 0 Å². The molecule has 0 aromatic rings. The van der Waals surface area contributed by atoms with Crippen LogP contribution in [0.2, 0.25) is 0 Å². The molecule has 0 unspecified atom stereocenters. The lowest BCUT2D eigenvalue weighted by Gasteiger charge is -2.23. The van der Waals surface area contributed by atoms with Gasteiger partial charge in [-0.05, 0) is 34.6 Å². The Morgan fingerprint density at radius 1 is 1.23 bits per heavy atom. The second-order valence-corrected chi connectivity index (χ2v) is 7.51. The van der Waals surface area contributed by atoms with Crippen molar-refractivity contribution in [3.63, 3.8) is 0 Å². The van der Waals surface area contributed by atoms with Gasteiger partial charge in [0.25, 0.3) is 0 Å². The molecule has 1 amide bonds. The molecule has 3 saturated heterocycles. The molecular formula is C15H25NO6. The van der Waals surface area contributed by atoms with Crippen molar-refractivity contribution in [2.45, 2.75) is 70.6 Å². The van der Waals surface area contributed by atoms with E-state index >= 15 is 0 Å². The molecule has 3 aliphatic heterocycles. The molecule has 0 saturated carbocycles. The molecule has 3 heterocycles. The van der Waals surface area contributed by atoms with Crippen LogP contribution in [0.15, 0.2) is 0 Å². The van der Waals surface area contributed by atoms with Crippen molar-refractivity contribution < 1.29 is 28.5 Å². The topological polar surface area (TPSA) is 75.3 Å². The third-order valence-corrected chi connectivity index (χ3v) is 3.90. The number of nitrogens with one attached hydrogen (secondary N) is 1. The van der Waals surface area contributed by atoms with Gasteiger partial charge in [-0.3, -0.25) is 0 Å². The lowest BCUT2D eigenvalue weighted by atomic mass is 10.0. The maximum atomic E-state index is 11.7. The van der Waals surface area contributed by atoms with E-state index in [0.717, 1.165) is 0 Å². The number of alkyl carbamates (subject to hydrolysis) is 1. The summed E-state index contributed by atoms with van der Waals surface area (Å²) in [6.45, 7) is 10.2. The molecule has 3 aliphatic rings. The van der Waals surface area contributed by atoms with E-state index in [9.17, 15) is 4.79 Å². The summed E-state index contributed by atoms with van der Waals surface area (Å²) in [6, 6.07) is 0. The molecule has 0 spiro atoms. The first-order valence-corrected chi connectivity index (χ1v) is 7.74. The maximum absolute atomic E-state index is 11.7. The monoisotopic (exact) mass is 315 g/mol. The van der Waals surface area contributed by atoms with Gasteiger partial charge in [0, 0.05) is 12.5 Å². The Bertz CT molecular complexity index is 446. The molecule has 126 valence electrons. The quantitative estimate of drug-likeness (QED) is 0.830. The minimum absolute atomic E-state index is 0.0680. The van der Waals surface area contributed by atoms with E-state index in [4.69, 9.17) is 23.7 Å². The molecule has 0 aromatic heterocycles. The van der Waals surface area contributed by atoms with Gasteiger partial charge < -0.3 is 29.0 Å². The summed E-state index contributed by atoms with van der Waals surface area (Å²) in [4.78, 5) is 11.7. The average molecular weight is 315 g/mol. The molecule has 22 heavy (non-hydrogen) atoms. The van der Waals surface area contributed by atoms with Gasteiger partial charge in [0.15, 0.2) is 12.1 Å². The Kier molecular flexibility index (Phi) is 3.87. The lowest BCUT2D eigenvalue weighted by Crippen LogP contribution is -2.40. The fourth-order valence-corrected chi connectivity index (χ4v) is 3.11.